The maximum atomic E-state index is 3.68. The first-order valence-electron chi connectivity index (χ1n) is 3.41. The van der Waals surface area contributed by atoms with E-state index in [9.17, 15) is 0 Å². The van der Waals surface area contributed by atoms with E-state index >= 15 is 0 Å². The fourth-order valence-corrected chi connectivity index (χ4v) is 0.250. The van der Waals surface area contributed by atoms with E-state index < -0.39 is 0 Å². The summed E-state index contributed by atoms with van der Waals surface area (Å²) in [4.78, 5) is 0. The Labute approximate surface area is 71.2 Å². The Balaban J connectivity index is -0.0000000800. The second kappa shape index (κ2) is 23.6. The Morgan fingerprint density at radius 3 is 1.44 bits per heavy atom. The molecule has 0 aromatic carbocycles. The third kappa shape index (κ3) is 56.8. The summed E-state index contributed by atoms with van der Waals surface area (Å²) in [7, 11) is 0. The van der Waals surface area contributed by atoms with E-state index in [1.54, 1.807) is 0 Å². The van der Waals surface area contributed by atoms with Gasteiger partial charge >= 0.3 is 17.4 Å². The van der Waals surface area contributed by atoms with E-state index in [1.165, 1.54) is 12.8 Å². The summed E-state index contributed by atoms with van der Waals surface area (Å²) in [5.74, 6) is 0. The van der Waals surface area contributed by atoms with Crippen LogP contribution < -0.4 is 0 Å². The molecule has 56 valence electrons. The first-order chi connectivity index (χ1) is 3.83. The van der Waals surface area contributed by atoms with Gasteiger partial charge in [0.2, 0.25) is 0 Å². The molecule has 0 aliphatic rings. The van der Waals surface area contributed by atoms with Crippen LogP contribution in [0.1, 0.15) is 39.5 Å². The molecule has 0 amide bonds. The molecule has 0 fully saturated rings. The van der Waals surface area contributed by atoms with Crippen LogP contribution in [0.2, 0.25) is 0 Å². The number of hydrogen-bond donors (Lipinski definition) is 0. The van der Waals surface area contributed by atoms with Gasteiger partial charge in [-0.25, -0.2) is 0 Å². The van der Waals surface area contributed by atoms with Crippen molar-refractivity contribution in [2.45, 2.75) is 39.5 Å². The van der Waals surface area contributed by atoms with Gasteiger partial charge in [-0.05, 0) is 0 Å². The first kappa shape index (κ1) is 16.3. The molecule has 9 heavy (non-hydrogen) atoms. The smallest absolute Gasteiger partial charge is 0.344 e. The number of rotatable bonds is 2. The van der Waals surface area contributed by atoms with Gasteiger partial charge in [-0.15, -0.1) is 0 Å². The second-order valence-corrected chi connectivity index (χ2v) is 1.71. The average molecular weight is 166 g/mol. The zero-order valence-corrected chi connectivity index (χ0v) is 7.93. The molecular weight excluding hydrogens is 148 g/mol. The summed E-state index contributed by atoms with van der Waals surface area (Å²) in [6, 6.07) is 0. The van der Waals surface area contributed by atoms with E-state index in [0.717, 1.165) is 12.8 Å². The largest absolute Gasteiger partial charge is 2.00 e. The molecule has 0 N–H and O–H groups in total. The van der Waals surface area contributed by atoms with E-state index in [2.05, 4.69) is 20.8 Å². The van der Waals surface area contributed by atoms with Gasteiger partial charge in [0.15, 0.2) is 0 Å². The normalized spacial score (nSPS) is 6.67. The predicted octanol–water partition coefficient (Wildman–Crippen LogP) is 3.24. The molecule has 0 rings (SSSR count). The standard InChI is InChI=1S/C5H11.C3H7.Cr/c1-3-5-4-2;1-3-2;/h1,3-5H2,2H3;1,3H2,2H3;/q2*-1;+2. The fourth-order valence-electron chi connectivity index (χ4n) is 0.250. The monoisotopic (exact) mass is 166 g/mol. The number of hydrogen-bond acceptors (Lipinski definition) is 0. The first-order valence-corrected chi connectivity index (χ1v) is 3.41. The van der Waals surface area contributed by atoms with Crippen molar-refractivity contribution in [3.63, 3.8) is 0 Å². The Hall–Kier alpha value is 0.532. The van der Waals surface area contributed by atoms with Crippen molar-refractivity contribution in [3.8, 4) is 0 Å². The van der Waals surface area contributed by atoms with Crippen molar-refractivity contribution in [2.75, 3.05) is 0 Å². The zero-order valence-electron chi connectivity index (χ0n) is 6.65. The van der Waals surface area contributed by atoms with E-state index in [-0.39, 0.29) is 17.4 Å². The summed E-state index contributed by atoms with van der Waals surface area (Å²) >= 11 is 0. The molecule has 0 aromatic rings. The van der Waals surface area contributed by atoms with Crippen molar-refractivity contribution >= 4 is 0 Å². The summed E-state index contributed by atoms with van der Waals surface area (Å²) in [5, 5.41) is 0. The molecule has 0 aliphatic heterocycles. The Kier molecular flexibility index (Phi) is 42.6. The molecule has 0 radical (unpaired) electrons. The quantitative estimate of drug-likeness (QED) is 0.552. The average Bonchev–Trinajstić information content (AvgIpc) is 1.71. The third-order valence-electron chi connectivity index (χ3n) is 0.604. The van der Waals surface area contributed by atoms with Crippen LogP contribution in [0.4, 0.5) is 0 Å². The third-order valence-corrected chi connectivity index (χ3v) is 0.604. The van der Waals surface area contributed by atoms with E-state index in [4.69, 9.17) is 0 Å². The summed E-state index contributed by atoms with van der Waals surface area (Å²) in [6.07, 6.45) is 4.65. The Bertz CT molecular complexity index is 18.5. The van der Waals surface area contributed by atoms with Crippen LogP contribution >= 0.6 is 0 Å². The number of unbranched alkanes of at least 4 members (excludes halogenated alkanes) is 2. The van der Waals surface area contributed by atoms with Crippen molar-refractivity contribution in [2.24, 2.45) is 0 Å². The van der Waals surface area contributed by atoms with Gasteiger partial charge in [-0.2, -0.15) is 12.8 Å². The van der Waals surface area contributed by atoms with Crippen molar-refractivity contribution < 1.29 is 17.4 Å². The predicted molar refractivity (Wildman–Crippen MR) is 40.5 cm³/mol. The Morgan fingerprint density at radius 1 is 1.11 bits per heavy atom. The van der Waals surface area contributed by atoms with Crippen LogP contribution in [0.15, 0.2) is 0 Å². The van der Waals surface area contributed by atoms with Crippen molar-refractivity contribution in [1.29, 1.82) is 0 Å². The fraction of sp³-hybridized carbons (Fsp3) is 0.750. The van der Waals surface area contributed by atoms with Gasteiger partial charge < -0.3 is 13.8 Å². The molecule has 0 saturated heterocycles. The van der Waals surface area contributed by atoms with Crippen LogP contribution in [-0.2, 0) is 17.4 Å². The van der Waals surface area contributed by atoms with Crippen molar-refractivity contribution in [3.05, 3.63) is 13.8 Å². The van der Waals surface area contributed by atoms with Crippen LogP contribution in [0.5, 0.6) is 0 Å². The molecule has 0 atom stereocenters. The molecule has 1 heteroatoms. The molecule has 0 unspecified atom stereocenters. The molecule has 0 saturated carbocycles. The van der Waals surface area contributed by atoms with Gasteiger partial charge in [0.05, 0.1) is 0 Å². The van der Waals surface area contributed by atoms with Gasteiger partial charge in [0.25, 0.3) is 0 Å². The van der Waals surface area contributed by atoms with Gasteiger partial charge in [0.1, 0.15) is 0 Å². The van der Waals surface area contributed by atoms with E-state index in [0.29, 0.717) is 0 Å². The minimum Gasteiger partial charge on any atom is -0.344 e. The molecule has 0 aliphatic carbocycles. The van der Waals surface area contributed by atoms with Gasteiger partial charge in [-0.1, -0.05) is 26.7 Å². The SMILES string of the molecule is [CH2-]CC.[CH2-]CCCC.[Cr+2]. The minimum absolute atomic E-state index is 0. The van der Waals surface area contributed by atoms with Crippen molar-refractivity contribution in [1.82, 2.24) is 0 Å². The molecule has 0 bridgehead atoms. The molecule has 0 nitrogen and oxygen atoms in total. The van der Waals surface area contributed by atoms with E-state index in [1.807, 2.05) is 6.92 Å². The zero-order chi connectivity index (χ0) is 6.83. The maximum absolute atomic E-state index is 3.68. The van der Waals surface area contributed by atoms with Crippen LogP contribution in [0.25, 0.3) is 0 Å². The van der Waals surface area contributed by atoms with Crippen LogP contribution in [-0.4, -0.2) is 0 Å². The second-order valence-electron chi connectivity index (χ2n) is 1.71. The maximum Gasteiger partial charge on any atom is 2.00 e. The van der Waals surface area contributed by atoms with Gasteiger partial charge in [-0.3, -0.25) is 0 Å². The topological polar surface area (TPSA) is 0 Å². The van der Waals surface area contributed by atoms with Crippen LogP contribution in [0, 0.1) is 13.8 Å². The molecular formula is C8H18Cr. The molecule has 0 heterocycles. The Morgan fingerprint density at radius 2 is 1.44 bits per heavy atom. The van der Waals surface area contributed by atoms with Crippen LogP contribution in [0.3, 0.4) is 0 Å². The summed E-state index contributed by atoms with van der Waals surface area (Å²) in [5.41, 5.74) is 0. The molecule has 0 aromatic heterocycles. The summed E-state index contributed by atoms with van der Waals surface area (Å²) < 4.78 is 0. The minimum atomic E-state index is 0. The summed E-state index contributed by atoms with van der Waals surface area (Å²) in [6.45, 7) is 11.3. The van der Waals surface area contributed by atoms with Gasteiger partial charge in [0, 0.05) is 0 Å². The molecule has 0 spiro atoms.